The van der Waals surface area contributed by atoms with Crippen LogP contribution in [0, 0.1) is 12.8 Å². The Morgan fingerprint density at radius 2 is 2.00 bits per heavy atom. The highest BCUT2D eigenvalue weighted by molar-refractivity contribution is 5.80. The van der Waals surface area contributed by atoms with Crippen LogP contribution < -0.4 is 4.74 Å². The molecule has 1 N–H and O–H groups in total. The first kappa shape index (κ1) is 15.4. The lowest BCUT2D eigenvalue weighted by molar-refractivity contribution is -0.145. The molecule has 1 aromatic rings. The Hall–Kier alpha value is -2.04. The van der Waals surface area contributed by atoms with Crippen molar-refractivity contribution in [2.45, 2.75) is 26.2 Å². The molecule has 1 aliphatic heterocycles. The second-order valence-corrected chi connectivity index (χ2v) is 5.49. The van der Waals surface area contributed by atoms with E-state index in [1.807, 2.05) is 25.1 Å². The van der Waals surface area contributed by atoms with Gasteiger partial charge in [0.25, 0.3) is 0 Å². The molecule has 1 aliphatic rings. The second kappa shape index (κ2) is 6.61. The number of benzene rings is 1. The first-order valence-corrected chi connectivity index (χ1v) is 7.15. The SMILES string of the molecule is COc1ccc(C)cc1CC(=O)N1CCC(C(=O)O)CC1. The van der Waals surface area contributed by atoms with Crippen LogP contribution in [0.5, 0.6) is 5.75 Å². The molecular weight excluding hydrogens is 270 g/mol. The monoisotopic (exact) mass is 291 g/mol. The van der Waals surface area contributed by atoms with Crippen LogP contribution >= 0.6 is 0 Å². The zero-order chi connectivity index (χ0) is 15.4. The van der Waals surface area contributed by atoms with Gasteiger partial charge in [-0.05, 0) is 25.8 Å². The van der Waals surface area contributed by atoms with Crippen molar-refractivity contribution in [1.29, 1.82) is 0 Å². The van der Waals surface area contributed by atoms with Crippen molar-refractivity contribution in [2.24, 2.45) is 5.92 Å². The first-order valence-electron chi connectivity index (χ1n) is 7.15. The van der Waals surface area contributed by atoms with Gasteiger partial charge in [0.2, 0.25) is 5.91 Å². The number of carboxylic acid groups (broad SMARTS) is 1. The normalized spacial score (nSPS) is 15.8. The number of piperidine rings is 1. The number of carboxylic acids is 1. The van der Waals surface area contributed by atoms with E-state index in [0.717, 1.165) is 16.9 Å². The molecule has 1 saturated heterocycles. The number of nitrogens with zero attached hydrogens (tertiary/aromatic N) is 1. The van der Waals surface area contributed by atoms with Gasteiger partial charge in [-0.2, -0.15) is 0 Å². The van der Waals surface area contributed by atoms with Crippen LogP contribution in [0.3, 0.4) is 0 Å². The third kappa shape index (κ3) is 3.74. The fraction of sp³-hybridized carbons (Fsp3) is 0.500. The highest BCUT2D eigenvalue weighted by atomic mass is 16.5. The molecule has 0 radical (unpaired) electrons. The Kier molecular flexibility index (Phi) is 4.83. The van der Waals surface area contributed by atoms with Gasteiger partial charge in [-0.3, -0.25) is 9.59 Å². The minimum atomic E-state index is -0.762. The van der Waals surface area contributed by atoms with Crippen LogP contribution in [0.1, 0.15) is 24.0 Å². The summed E-state index contributed by atoms with van der Waals surface area (Å²) in [5.74, 6) is -0.331. The fourth-order valence-corrected chi connectivity index (χ4v) is 2.70. The van der Waals surface area contributed by atoms with E-state index in [1.165, 1.54) is 0 Å². The number of carbonyl (C=O) groups is 2. The molecule has 0 spiro atoms. The maximum absolute atomic E-state index is 12.3. The van der Waals surface area contributed by atoms with Gasteiger partial charge in [0.05, 0.1) is 19.4 Å². The van der Waals surface area contributed by atoms with Gasteiger partial charge in [-0.1, -0.05) is 17.7 Å². The predicted octanol–water partition coefficient (Wildman–Crippen LogP) is 1.87. The molecule has 5 heteroatoms. The lowest BCUT2D eigenvalue weighted by Crippen LogP contribution is -2.41. The van der Waals surface area contributed by atoms with Gasteiger partial charge in [0.1, 0.15) is 5.75 Å². The summed E-state index contributed by atoms with van der Waals surface area (Å²) in [7, 11) is 1.59. The van der Waals surface area contributed by atoms with Crippen molar-refractivity contribution in [3.63, 3.8) is 0 Å². The van der Waals surface area contributed by atoms with Crippen LogP contribution in [-0.4, -0.2) is 42.1 Å². The molecule has 21 heavy (non-hydrogen) atoms. The Labute approximate surface area is 124 Å². The molecule has 2 rings (SSSR count). The predicted molar refractivity (Wildman–Crippen MR) is 78.4 cm³/mol. The number of rotatable bonds is 4. The lowest BCUT2D eigenvalue weighted by atomic mass is 9.96. The van der Waals surface area contributed by atoms with Gasteiger partial charge >= 0.3 is 5.97 Å². The second-order valence-electron chi connectivity index (χ2n) is 5.49. The van der Waals surface area contributed by atoms with E-state index >= 15 is 0 Å². The Morgan fingerprint density at radius 3 is 2.57 bits per heavy atom. The molecule has 0 atom stereocenters. The molecule has 0 aliphatic carbocycles. The minimum Gasteiger partial charge on any atom is -0.496 e. The van der Waals surface area contributed by atoms with Crippen molar-refractivity contribution in [3.05, 3.63) is 29.3 Å². The van der Waals surface area contributed by atoms with E-state index in [-0.39, 0.29) is 11.8 Å². The van der Waals surface area contributed by atoms with Crippen LogP contribution in [0.4, 0.5) is 0 Å². The lowest BCUT2D eigenvalue weighted by Gasteiger charge is -2.30. The number of likely N-dealkylation sites (tertiary alicyclic amines) is 1. The molecular formula is C16H21NO4. The van der Waals surface area contributed by atoms with Crippen molar-refractivity contribution in [2.75, 3.05) is 20.2 Å². The third-order valence-corrected chi connectivity index (χ3v) is 3.97. The molecule has 1 heterocycles. The van der Waals surface area contributed by atoms with Crippen LogP contribution in [0.25, 0.3) is 0 Å². The average molecular weight is 291 g/mol. The van der Waals surface area contributed by atoms with Crippen molar-refractivity contribution in [3.8, 4) is 5.75 Å². The maximum atomic E-state index is 12.3. The molecule has 1 aromatic carbocycles. The van der Waals surface area contributed by atoms with E-state index in [9.17, 15) is 9.59 Å². The highest BCUT2D eigenvalue weighted by Crippen LogP contribution is 2.23. The number of hydrogen-bond acceptors (Lipinski definition) is 3. The number of aryl methyl sites for hydroxylation is 1. The fourth-order valence-electron chi connectivity index (χ4n) is 2.70. The van der Waals surface area contributed by atoms with E-state index in [2.05, 4.69) is 0 Å². The molecule has 0 unspecified atom stereocenters. The average Bonchev–Trinajstić information content (AvgIpc) is 2.47. The van der Waals surface area contributed by atoms with Gasteiger partial charge in [0.15, 0.2) is 0 Å². The summed E-state index contributed by atoms with van der Waals surface area (Å²) in [6, 6.07) is 5.78. The van der Waals surface area contributed by atoms with E-state index in [4.69, 9.17) is 9.84 Å². The molecule has 0 saturated carbocycles. The summed E-state index contributed by atoms with van der Waals surface area (Å²) in [5.41, 5.74) is 1.96. The quantitative estimate of drug-likeness (QED) is 0.919. The van der Waals surface area contributed by atoms with Gasteiger partial charge in [0, 0.05) is 18.7 Å². The van der Waals surface area contributed by atoms with Crippen molar-refractivity contribution in [1.82, 2.24) is 4.90 Å². The maximum Gasteiger partial charge on any atom is 0.306 e. The van der Waals surface area contributed by atoms with Gasteiger partial charge in [-0.15, -0.1) is 0 Å². The number of hydrogen-bond donors (Lipinski definition) is 1. The van der Waals surface area contributed by atoms with Gasteiger partial charge in [-0.25, -0.2) is 0 Å². The molecule has 1 amide bonds. The summed E-state index contributed by atoms with van der Waals surface area (Å²) >= 11 is 0. The summed E-state index contributed by atoms with van der Waals surface area (Å²) in [6.45, 7) is 3.01. The smallest absolute Gasteiger partial charge is 0.306 e. The molecule has 1 fully saturated rings. The number of aliphatic carboxylic acids is 1. The summed E-state index contributed by atoms with van der Waals surface area (Å²) in [4.78, 5) is 25.0. The number of amides is 1. The summed E-state index contributed by atoms with van der Waals surface area (Å²) < 4.78 is 5.29. The largest absolute Gasteiger partial charge is 0.496 e. The number of ether oxygens (including phenoxy) is 1. The Balaban J connectivity index is 1.99. The van der Waals surface area contributed by atoms with Crippen LogP contribution in [0.2, 0.25) is 0 Å². The highest BCUT2D eigenvalue weighted by Gasteiger charge is 2.27. The van der Waals surface area contributed by atoms with Crippen LogP contribution in [-0.2, 0) is 16.0 Å². The molecule has 5 nitrogen and oxygen atoms in total. The zero-order valence-electron chi connectivity index (χ0n) is 12.5. The van der Waals surface area contributed by atoms with Crippen LogP contribution in [0.15, 0.2) is 18.2 Å². The molecule has 114 valence electrons. The van der Waals surface area contributed by atoms with E-state index < -0.39 is 5.97 Å². The summed E-state index contributed by atoms with van der Waals surface area (Å²) in [6.07, 6.45) is 1.36. The summed E-state index contributed by atoms with van der Waals surface area (Å²) in [5, 5.41) is 8.98. The van der Waals surface area contributed by atoms with Crippen molar-refractivity contribution >= 4 is 11.9 Å². The third-order valence-electron chi connectivity index (χ3n) is 3.97. The van der Waals surface area contributed by atoms with Gasteiger partial charge < -0.3 is 14.7 Å². The topological polar surface area (TPSA) is 66.8 Å². The molecule has 0 bridgehead atoms. The minimum absolute atomic E-state index is 0.0303. The molecule has 0 aromatic heterocycles. The zero-order valence-corrected chi connectivity index (χ0v) is 12.5. The first-order chi connectivity index (χ1) is 10.0. The van der Waals surface area contributed by atoms with E-state index in [1.54, 1.807) is 12.0 Å². The number of carbonyl (C=O) groups excluding carboxylic acids is 1. The number of methoxy groups -OCH3 is 1. The standard InChI is InChI=1S/C16H21NO4/c1-11-3-4-14(21-2)13(9-11)10-15(18)17-7-5-12(6-8-17)16(19)20/h3-4,9,12H,5-8,10H2,1-2H3,(H,19,20). The van der Waals surface area contributed by atoms with E-state index in [0.29, 0.717) is 32.4 Å². The Morgan fingerprint density at radius 1 is 1.33 bits per heavy atom. The Bertz CT molecular complexity index is 533. The van der Waals surface area contributed by atoms with Crippen molar-refractivity contribution < 1.29 is 19.4 Å².